The minimum Gasteiger partial charge on any atom is -0.454 e. The van der Waals surface area contributed by atoms with Gasteiger partial charge in [-0.1, -0.05) is 0 Å². The third-order valence-electron chi connectivity index (χ3n) is 6.48. The number of hydrogen-bond acceptors (Lipinski definition) is 4. The van der Waals surface area contributed by atoms with Crippen LogP contribution in [-0.2, 0) is 11.8 Å². The highest BCUT2D eigenvalue weighted by Crippen LogP contribution is 2.41. The Kier molecular flexibility index (Phi) is 4.53. The van der Waals surface area contributed by atoms with Gasteiger partial charge in [0.25, 0.3) is 11.5 Å². The number of aromatic nitrogens is 2. The molecule has 1 N–H and O–H groups in total. The average molecular weight is 476 g/mol. The van der Waals surface area contributed by atoms with Crippen molar-refractivity contribution in [1.29, 1.82) is 0 Å². The number of amides is 3. The van der Waals surface area contributed by atoms with Crippen molar-refractivity contribution >= 4 is 28.5 Å². The average Bonchev–Trinajstić information content (AvgIpc) is 3.34. The Morgan fingerprint density at radius 2 is 1.80 bits per heavy atom. The number of hydrogen-bond donors (Lipinski definition) is 1. The minimum absolute atomic E-state index is 0.197. The van der Waals surface area contributed by atoms with Crippen molar-refractivity contribution in [3.05, 3.63) is 76.8 Å². The summed E-state index contributed by atoms with van der Waals surface area (Å²) in [7, 11) is 1.59. The van der Waals surface area contributed by atoms with E-state index < -0.39 is 23.7 Å². The van der Waals surface area contributed by atoms with Crippen LogP contribution in [0.2, 0.25) is 0 Å². The van der Waals surface area contributed by atoms with E-state index in [-0.39, 0.29) is 23.0 Å². The second kappa shape index (κ2) is 7.52. The number of H-pyrrole nitrogens is 1. The predicted molar refractivity (Wildman–Crippen MR) is 123 cm³/mol. The predicted octanol–water partition coefficient (Wildman–Crippen LogP) is 4.15. The van der Waals surface area contributed by atoms with Crippen molar-refractivity contribution in [3.63, 3.8) is 0 Å². The lowest BCUT2D eigenvalue weighted by Crippen LogP contribution is -2.47. The van der Waals surface area contributed by atoms with Gasteiger partial charge in [0.2, 0.25) is 0 Å². The Hall–Kier alpha value is -4.47. The summed E-state index contributed by atoms with van der Waals surface area (Å²) in [4.78, 5) is 43.8. The number of carbonyl (C=O) groups excluding carboxylic acids is 2. The first-order valence-electron chi connectivity index (χ1n) is 10.9. The molecule has 176 valence electrons. The Labute approximate surface area is 196 Å². The number of ether oxygens (including phenoxy) is 1. The van der Waals surface area contributed by atoms with E-state index in [9.17, 15) is 23.2 Å². The number of benzene rings is 2. The molecule has 0 bridgehead atoms. The van der Waals surface area contributed by atoms with Gasteiger partial charge in [-0.15, -0.1) is 0 Å². The van der Waals surface area contributed by atoms with Gasteiger partial charge in [0, 0.05) is 48.6 Å². The lowest BCUT2D eigenvalue weighted by atomic mass is 10.0. The zero-order valence-corrected chi connectivity index (χ0v) is 18.4. The number of nitrogens with one attached hydrogen (secondary N) is 1. The fourth-order valence-electron chi connectivity index (χ4n) is 4.60. The van der Waals surface area contributed by atoms with E-state index in [1.807, 2.05) is 0 Å². The zero-order chi connectivity index (χ0) is 24.4. The standard InChI is InChI=1S/C25H18F2N4O4/c1-29-12-17(15-6-8-28-22(15)24(29)33)16-11-14(31-23(32)19-7-9-30(19)25(31)34)3-5-20(16)35-21-4-2-13(26)10-18(21)27/h2-6,8,10-12,19,28H,7,9H2,1H3/t19-/m0/s1. The van der Waals surface area contributed by atoms with Crippen molar-refractivity contribution < 1.29 is 23.1 Å². The van der Waals surface area contributed by atoms with E-state index >= 15 is 0 Å². The molecular weight excluding hydrogens is 458 g/mol. The lowest BCUT2D eigenvalue weighted by Gasteiger charge is -2.30. The van der Waals surface area contributed by atoms with Gasteiger partial charge in [0.05, 0.1) is 5.69 Å². The van der Waals surface area contributed by atoms with Crippen LogP contribution in [-0.4, -0.2) is 39.0 Å². The highest BCUT2D eigenvalue weighted by molar-refractivity contribution is 6.22. The van der Waals surface area contributed by atoms with Crippen molar-refractivity contribution in [2.45, 2.75) is 12.5 Å². The van der Waals surface area contributed by atoms with Gasteiger partial charge in [-0.2, -0.15) is 0 Å². The molecule has 2 saturated heterocycles. The van der Waals surface area contributed by atoms with Crippen molar-refractivity contribution in [2.24, 2.45) is 7.05 Å². The molecule has 0 spiro atoms. The molecule has 0 radical (unpaired) electrons. The first-order valence-corrected chi connectivity index (χ1v) is 10.9. The summed E-state index contributed by atoms with van der Waals surface area (Å²) in [5.41, 5.74) is 1.42. The van der Waals surface area contributed by atoms with E-state index in [0.29, 0.717) is 46.7 Å². The zero-order valence-electron chi connectivity index (χ0n) is 18.4. The van der Waals surface area contributed by atoms with Crippen LogP contribution in [0, 0.1) is 11.6 Å². The Morgan fingerprint density at radius 1 is 1.00 bits per heavy atom. The maximum atomic E-state index is 14.4. The highest BCUT2D eigenvalue weighted by Gasteiger charge is 2.51. The molecule has 10 heteroatoms. The van der Waals surface area contributed by atoms with Crippen molar-refractivity contribution in [1.82, 2.24) is 14.5 Å². The second-order valence-corrected chi connectivity index (χ2v) is 8.54. The number of nitrogens with zero attached hydrogens (tertiary/aromatic N) is 3. The van der Waals surface area contributed by atoms with Crippen LogP contribution in [0.5, 0.6) is 11.5 Å². The quantitative estimate of drug-likeness (QED) is 0.449. The topological polar surface area (TPSA) is 87.6 Å². The monoisotopic (exact) mass is 476 g/mol. The molecule has 3 amide bonds. The summed E-state index contributed by atoms with van der Waals surface area (Å²) in [5.74, 6) is -1.94. The number of pyridine rings is 1. The maximum Gasteiger partial charge on any atom is 0.332 e. The van der Waals surface area contributed by atoms with E-state index in [1.54, 1.807) is 31.6 Å². The van der Waals surface area contributed by atoms with Crippen LogP contribution in [0.4, 0.5) is 19.3 Å². The van der Waals surface area contributed by atoms with Gasteiger partial charge >= 0.3 is 6.03 Å². The number of urea groups is 1. The van der Waals surface area contributed by atoms with Crippen LogP contribution in [0.15, 0.2) is 59.7 Å². The summed E-state index contributed by atoms with van der Waals surface area (Å²) >= 11 is 0. The molecule has 0 aliphatic carbocycles. The summed E-state index contributed by atoms with van der Waals surface area (Å²) in [6.07, 6.45) is 3.84. The summed E-state index contributed by atoms with van der Waals surface area (Å²) in [6.45, 7) is 0.522. The molecule has 1 atom stereocenters. The van der Waals surface area contributed by atoms with Crippen LogP contribution >= 0.6 is 0 Å². The third-order valence-corrected chi connectivity index (χ3v) is 6.48. The largest absolute Gasteiger partial charge is 0.454 e. The number of imide groups is 1. The lowest BCUT2D eigenvalue weighted by molar-refractivity contribution is -0.121. The van der Waals surface area contributed by atoms with E-state index in [4.69, 9.17) is 4.74 Å². The Balaban J connectivity index is 1.54. The fourth-order valence-corrected chi connectivity index (χ4v) is 4.60. The summed E-state index contributed by atoms with van der Waals surface area (Å²) < 4.78 is 35.0. The molecule has 2 aromatic carbocycles. The van der Waals surface area contributed by atoms with E-state index in [0.717, 1.165) is 11.0 Å². The second-order valence-electron chi connectivity index (χ2n) is 8.54. The fraction of sp³-hybridized carbons (Fsp3) is 0.160. The maximum absolute atomic E-state index is 14.4. The van der Waals surface area contributed by atoms with Gasteiger partial charge in [-0.25, -0.2) is 18.5 Å². The molecule has 4 heterocycles. The first kappa shape index (κ1) is 21.1. The summed E-state index contributed by atoms with van der Waals surface area (Å²) in [5, 5.41) is 0.581. The molecule has 35 heavy (non-hydrogen) atoms. The number of aromatic amines is 1. The molecule has 0 saturated carbocycles. The number of anilines is 1. The molecule has 6 rings (SSSR count). The van der Waals surface area contributed by atoms with Crippen LogP contribution < -0.4 is 15.2 Å². The minimum atomic E-state index is -0.887. The van der Waals surface area contributed by atoms with Gasteiger partial charge in [-0.05, 0) is 42.8 Å². The molecule has 2 aliphatic rings. The van der Waals surface area contributed by atoms with Crippen LogP contribution in [0.1, 0.15) is 6.42 Å². The van der Waals surface area contributed by atoms with Gasteiger partial charge < -0.3 is 19.2 Å². The molecule has 4 aromatic rings. The number of aryl methyl sites for hydroxylation is 1. The molecule has 0 unspecified atom stereocenters. The van der Waals surface area contributed by atoms with Crippen LogP contribution in [0.3, 0.4) is 0 Å². The molecule has 2 aromatic heterocycles. The Bertz CT molecular complexity index is 1590. The van der Waals surface area contributed by atoms with Gasteiger partial charge in [0.15, 0.2) is 11.6 Å². The molecular formula is C25H18F2N4O4. The number of rotatable bonds is 4. The van der Waals surface area contributed by atoms with Crippen LogP contribution in [0.25, 0.3) is 22.0 Å². The van der Waals surface area contributed by atoms with Gasteiger partial charge in [0.1, 0.15) is 23.1 Å². The first-order chi connectivity index (χ1) is 16.8. The number of fused-ring (bicyclic) bond motifs is 2. The van der Waals surface area contributed by atoms with E-state index in [2.05, 4.69) is 4.98 Å². The highest BCUT2D eigenvalue weighted by atomic mass is 19.1. The van der Waals surface area contributed by atoms with Crippen molar-refractivity contribution in [2.75, 3.05) is 11.4 Å². The smallest absolute Gasteiger partial charge is 0.332 e. The summed E-state index contributed by atoms with van der Waals surface area (Å²) in [6, 6.07) is 8.50. The van der Waals surface area contributed by atoms with Gasteiger partial charge in [-0.3, -0.25) is 9.59 Å². The van der Waals surface area contributed by atoms with Crippen molar-refractivity contribution in [3.8, 4) is 22.6 Å². The number of carbonyl (C=O) groups is 2. The molecule has 8 nitrogen and oxygen atoms in total. The molecule has 2 aliphatic heterocycles. The third kappa shape index (κ3) is 3.13. The number of halogens is 2. The normalized spacial score (nSPS) is 17.2. The van der Waals surface area contributed by atoms with E-state index in [1.165, 1.54) is 27.7 Å². The SMILES string of the molecule is Cn1cc(-c2cc(N3C(=O)[C@@H]4CCN4C3=O)ccc2Oc2ccc(F)cc2F)c2cc[nH]c2c1=O. The Morgan fingerprint density at radius 3 is 2.49 bits per heavy atom. The molecule has 2 fully saturated rings.